The van der Waals surface area contributed by atoms with Crippen molar-refractivity contribution in [3.63, 3.8) is 0 Å². The van der Waals surface area contributed by atoms with Crippen LogP contribution in [0.25, 0.3) is 16.8 Å². The number of rotatable bonds is 5. The van der Waals surface area contributed by atoms with Gasteiger partial charge in [-0.15, -0.1) is 0 Å². The molecule has 1 aromatic carbocycles. The number of halogens is 1. The van der Waals surface area contributed by atoms with Gasteiger partial charge in [-0.1, -0.05) is 18.3 Å². The largest absolute Gasteiger partial charge is 0.389 e. The molecule has 3 aromatic heterocycles. The fourth-order valence-electron chi connectivity index (χ4n) is 6.70. The van der Waals surface area contributed by atoms with Gasteiger partial charge in [-0.2, -0.15) is 10.4 Å². The number of urea groups is 1. The van der Waals surface area contributed by atoms with Crippen molar-refractivity contribution < 1.29 is 14.3 Å². The Hall–Kier alpha value is -4.21. The molecule has 3 fully saturated rings. The summed E-state index contributed by atoms with van der Waals surface area (Å²) in [5.74, 6) is -0.334. The van der Waals surface area contributed by atoms with Gasteiger partial charge in [0.15, 0.2) is 5.13 Å². The number of hydrogen-bond donors (Lipinski definition) is 1. The normalized spacial score (nSPS) is 20.3. The number of nitriles is 1. The van der Waals surface area contributed by atoms with Crippen LogP contribution in [-0.2, 0) is 6.42 Å². The number of thiazole rings is 1. The molecular weight excluding hydrogens is 567 g/mol. The highest BCUT2D eigenvalue weighted by Crippen LogP contribution is 2.43. The van der Waals surface area contributed by atoms with Crippen molar-refractivity contribution in [2.45, 2.75) is 32.3 Å². The molecule has 7 rings (SSSR count). The Morgan fingerprint density at radius 3 is 2.67 bits per heavy atom. The topological polar surface area (TPSA) is 104 Å². The van der Waals surface area contributed by atoms with Crippen LogP contribution in [0.5, 0.6) is 0 Å². The molecule has 3 saturated heterocycles. The van der Waals surface area contributed by atoms with Crippen molar-refractivity contribution in [2.75, 3.05) is 56.1 Å². The summed E-state index contributed by atoms with van der Waals surface area (Å²) >= 11 is 1.31. The van der Waals surface area contributed by atoms with Crippen LogP contribution in [0, 0.1) is 22.6 Å². The molecule has 0 saturated carbocycles. The molecule has 3 aliphatic heterocycles. The lowest BCUT2D eigenvalue weighted by Crippen LogP contribution is -2.57. The number of carbonyl (C=O) groups is 1. The minimum absolute atomic E-state index is 0.0467. The monoisotopic (exact) mass is 600 g/mol. The van der Waals surface area contributed by atoms with Gasteiger partial charge in [-0.05, 0) is 55.7 Å². The van der Waals surface area contributed by atoms with E-state index in [2.05, 4.69) is 30.0 Å². The van der Waals surface area contributed by atoms with Crippen molar-refractivity contribution in [1.29, 1.82) is 5.26 Å². The van der Waals surface area contributed by atoms with Gasteiger partial charge in [0.05, 0.1) is 36.1 Å². The Labute approximate surface area is 253 Å². The lowest BCUT2D eigenvalue weighted by molar-refractivity contribution is 0.0162. The van der Waals surface area contributed by atoms with E-state index < -0.39 is 0 Å². The highest BCUT2D eigenvalue weighted by molar-refractivity contribution is 7.16. The summed E-state index contributed by atoms with van der Waals surface area (Å²) in [6.45, 7) is 6.25. The number of amides is 2. The van der Waals surface area contributed by atoms with Crippen LogP contribution in [0.1, 0.15) is 30.3 Å². The number of aliphatic hydroxyl groups is 1. The Kier molecular flexibility index (Phi) is 6.74. The summed E-state index contributed by atoms with van der Waals surface area (Å²) in [7, 11) is 1.95. The average molecular weight is 601 g/mol. The van der Waals surface area contributed by atoms with Crippen LogP contribution in [0.2, 0.25) is 0 Å². The second-order valence-electron chi connectivity index (χ2n) is 11.9. The maximum Gasteiger partial charge on any atom is 0.320 e. The molecule has 6 heterocycles. The number of aryl methyl sites for hydroxylation is 1. The van der Waals surface area contributed by atoms with Crippen LogP contribution < -0.4 is 9.80 Å². The molecular formula is C31H33FN8O2S. The third-order valence-corrected chi connectivity index (χ3v) is 10.1. The highest BCUT2D eigenvalue weighted by Gasteiger charge is 2.46. The summed E-state index contributed by atoms with van der Waals surface area (Å²) in [5, 5.41) is 25.0. The number of likely N-dealkylation sites (tertiary alicyclic amines) is 2. The second kappa shape index (κ2) is 10.5. The van der Waals surface area contributed by atoms with Crippen molar-refractivity contribution in [3.8, 4) is 17.3 Å². The predicted octanol–water partition coefficient (Wildman–Crippen LogP) is 4.50. The minimum Gasteiger partial charge on any atom is -0.389 e. The Balaban J connectivity index is 1.15. The van der Waals surface area contributed by atoms with Crippen LogP contribution in [0.15, 0.2) is 42.6 Å². The van der Waals surface area contributed by atoms with E-state index in [1.165, 1.54) is 23.5 Å². The van der Waals surface area contributed by atoms with Crippen LogP contribution in [0.4, 0.5) is 25.7 Å². The summed E-state index contributed by atoms with van der Waals surface area (Å²) in [5.41, 5.74) is 5.25. The number of aliphatic hydroxyl groups excluding tert-OH is 1. The molecule has 2 amide bonds. The third kappa shape index (κ3) is 4.77. The van der Waals surface area contributed by atoms with E-state index in [4.69, 9.17) is 10.1 Å². The number of aromatic nitrogens is 3. The van der Waals surface area contributed by atoms with E-state index in [1.807, 2.05) is 27.6 Å². The molecule has 0 aliphatic carbocycles. The number of β-amino-alcohol motifs (C(OH)–C–C–N with tert-alkyl or cyclic N) is 1. The predicted molar refractivity (Wildman–Crippen MR) is 163 cm³/mol. The van der Waals surface area contributed by atoms with E-state index in [9.17, 15) is 19.6 Å². The smallest absolute Gasteiger partial charge is 0.320 e. The van der Waals surface area contributed by atoms with Gasteiger partial charge < -0.3 is 24.7 Å². The fourth-order valence-corrected chi connectivity index (χ4v) is 7.55. The fraction of sp³-hybridized carbons (Fsp3) is 0.419. The number of pyridine rings is 1. The summed E-state index contributed by atoms with van der Waals surface area (Å²) in [6, 6.07) is 12.6. The molecule has 222 valence electrons. The SMILES string of the molecule is CCc1nn2ccc(N3CCC4(CCN(C(=O)N5CC(O)C5)C4)C3)cc2c1N(C)c1nc(-c2ccc(F)cc2)c(C#N)s1. The first-order valence-electron chi connectivity index (χ1n) is 14.7. The summed E-state index contributed by atoms with van der Waals surface area (Å²) in [6.07, 6.45) is 4.34. The van der Waals surface area contributed by atoms with Gasteiger partial charge in [0.1, 0.15) is 22.5 Å². The van der Waals surface area contributed by atoms with E-state index >= 15 is 0 Å². The maximum absolute atomic E-state index is 13.5. The molecule has 0 radical (unpaired) electrons. The van der Waals surface area contributed by atoms with E-state index in [0.717, 1.165) is 68.0 Å². The first kappa shape index (κ1) is 27.6. The number of nitrogens with zero attached hydrogens (tertiary/aromatic N) is 8. The van der Waals surface area contributed by atoms with Gasteiger partial charge in [0.2, 0.25) is 0 Å². The number of anilines is 3. The van der Waals surface area contributed by atoms with Gasteiger partial charge in [0, 0.05) is 56.1 Å². The zero-order valence-electron chi connectivity index (χ0n) is 24.2. The molecule has 10 nitrogen and oxygen atoms in total. The average Bonchev–Trinajstić information content (AvgIpc) is 3.80. The van der Waals surface area contributed by atoms with Gasteiger partial charge in [-0.3, -0.25) is 0 Å². The highest BCUT2D eigenvalue weighted by atomic mass is 32.1. The molecule has 1 spiro atoms. The molecule has 1 N–H and O–H groups in total. The standard InChI is InChI=1S/C31H33FN8O2S/c1-3-24-28(36(2)29-34-27(26(15-33)43-29)20-4-6-21(32)7-5-20)25-14-22(8-11-40(25)35-24)37-12-9-31(18-37)10-13-38(19-31)30(42)39-16-23(41)17-39/h4-8,11,14,23,41H,3,9-10,12-13,16-19H2,1-2H3. The molecule has 1 atom stereocenters. The van der Waals surface area contributed by atoms with Crippen LogP contribution in [0.3, 0.4) is 0 Å². The van der Waals surface area contributed by atoms with Gasteiger partial charge >= 0.3 is 6.03 Å². The minimum atomic E-state index is -0.390. The molecule has 0 bridgehead atoms. The first-order chi connectivity index (χ1) is 20.8. The quantitative estimate of drug-likeness (QED) is 0.360. The van der Waals surface area contributed by atoms with Crippen molar-refractivity contribution in [2.24, 2.45) is 5.41 Å². The number of benzene rings is 1. The van der Waals surface area contributed by atoms with E-state index in [-0.39, 0.29) is 23.4 Å². The lowest BCUT2D eigenvalue weighted by atomic mass is 9.86. The molecule has 4 aromatic rings. The summed E-state index contributed by atoms with van der Waals surface area (Å²) in [4.78, 5) is 26.3. The van der Waals surface area contributed by atoms with Crippen LogP contribution in [-0.4, -0.2) is 88.0 Å². The number of carbonyl (C=O) groups excluding carboxylic acids is 1. The van der Waals surface area contributed by atoms with Crippen molar-refractivity contribution >= 4 is 39.4 Å². The molecule has 3 aliphatic rings. The Morgan fingerprint density at radius 2 is 1.95 bits per heavy atom. The lowest BCUT2D eigenvalue weighted by Gasteiger charge is -2.38. The van der Waals surface area contributed by atoms with Crippen LogP contribution >= 0.6 is 11.3 Å². The number of fused-ring (bicyclic) bond motifs is 1. The van der Waals surface area contributed by atoms with E-state index in [1.54, 1.807) is 17.0 Å². The zero-order valence-corrected chi connectivity index (χ0v) is 25.0. The van der Waals surface area contributed by atoms with Gasteiger partial charge in [0.25, 0.3) is 0 Å². The van der Waals surface area contributed by atoms with E-state index in [0.29, 0.717) is 34.4 Å². The Bertz CT molecular complexity index is 1740. The third-order valence-electron chi connectivity index (χ3n) is 9.10. The van der Waals surface area contributed by atoms with Crippen molar-refractivity contribution in [3.05, 3.63) is 59.0 Å². The Morgan fingerprint density at radius 1 is 1.19 bits per heavy atom. The zero-order chi connectivity index (χ0) is 29.9. The second-order valence-corrected chi connectivity index (χ2v) is 12.9. The maximum atomic E-state index is 13.5. The van der Waals surface area contributed by atoms with Gasteiger partial charge in [-0.25, -0.2) is 18.7 Å². The summed E-state index contributed by atoms with van der Waals surface area (Å²) < 4.78 is 15.4. The van der Waals surface area contributed by atoms with Crippen molar-refractivity contribution in [1.82, 2.24) is 24.4 Å². The molecule has 43 heavy (non-hydrogen) atoms. The number of hydrogen-bond acceptors (Lipinski definition) is 8. The molecule has 1 unspecified atom stereocenters. The molecule has 12 heteroatoms. The first-order valence-corrected chi connectivity index (χ1v) is 15.5.